The molecule has 2 aromatic rings. The lowest BCUT2D eigenvalue weighted by Gasteiger charge is -2.38. The Kier molecular flexibility index (Phi) is 3.58. The number of aryl methyl sites for hydroxylation is 1. The molecule has 0 saturated heterocycles. The van der Waals surface area contributed by atoms with Crippen molar-refractivity contribution in [3.8, 4) is 5.75 Å². The molecule has 0 aliphatic carbocycles. The molecule has 1 N–H and O–H groups in total. The molecule has 3 rings (SSSR count). The van der Waals surface area contributed by atoms with Crippen LogP contribution in [0.15, 0.2) is 42.5 Å². The van der Waals surface area contributed by atoms with Gasteiger partial charge in [0.05, 0.1) is 16.8 Å². The Morgan fingerprint density at radius 3 is 2.71 bits per heavy atom. The molecule has 0 amide bonds. The van der Waals surface area contributed by atoms with Crippen LogP contribution in [-0.2, 0) is 0 Å². The van der Waals surface area contributed by atoms with E-state index in [1.54, 1.807) is 0 Å². The van der Waals surface area contributed by atoms with E-state index in [2.05, 4.69) is 31.3 Å². The molecule has 1 heterocycles. The lowest BCUT2D eigenvalue weighted by atomic mass is 9.89. The SMILES string of the molecule is Cc1ccc(NC2CC(C)(C)Oc3ccccc32)c(Cl)c1. The molecule has 0 fully saturated rings. The summed E-state index contributed by atoms with van der Waals surface area (Å²) in [6.07, 6.45) is 0.897. The van der Waals surface area contributed by atoms with Gasteiger partial charge in [0.25, 0.3) is 0 Å². The highest BCUT2D eigenvalue weighted by molar-refractivity contribution is 6.33. The summed E-state index contributed by atoms with van der Waals surface area (Å²) in [6.45, 7) is 6.28. The normalized spacial score (nSPS) is 19.5. The fourth-order valence-corrected chi connectivity index (χ4v) is 3.15. The van der Waals surface area contributed by atoms with Gasteiger partial charge in [-0.25, -0.2) is 0 Å². The first kappa shape index (κ1) is 14.3. The smallest absolute Gasteiger partial charge is 0.125 e. The third-order valence-electron chi connectivity index (χ3n) is 3.83. The van der Waals surface area contributed by atoms with Crippen LogP contribution in [0.4, 0.5) is 5.69 Å². The Bertz CT molecular complexity index is 666. The van der Waals surface area contributed by atoms with Crippen molar-refractivity contribution in [3.63, 3.8) is 0 Å². The Morgan fingerprint density at radius 2 is 1.95 bits per heavy atom. The quantitative estimate of drug-likeness (QED) is 0.806. The first-order valence-electron chi connectivity index (χ1n) is 7.25. The van der Waals surface area contributed by atoms with Crippen molar-refractivity contribution in [1.82, 2.24) is 0 Å². The lowest BCUT2D eigenvalue weighted by Crippen LogP contribution is -2.37. The van der Waals surface area contributed by atoms with Gasteiger partial charge in [0.15, 0.2) is 0 Å². The van der Waals surface area contributed by atoms with Crippen LogP contribution in [0.1, 0.15) is 37.4 Å². The molecule has 2 aromatic carbocycles. The maximum atomic E-state index is 6.35. The van der Waals surface area contributed by atoms with Gasteiger partial charge in [-0.3, -0.25) is 0 Å². The number of fused-ring (bicyclic) bond motifs is 1. The summed E-state index contributed by atoms with van der Waals surface area (Å²) in [4.78, 5) is 0. The monoisotopic (exact) mass is 301 g/mol. The second kappa shape index (κ2) is 5.27. The van der Waals surface area contributed by atoms with E-state index in [1.807, 2.05) is 37.3 Å². The van der Waals surface area contributed by atoms with Crippen LogP contribution in [0, 0.1) is 6.92 Å². The Morgan fingerprint density at radius 1 is 1.19 bits per heavy atom. The number of nitrogens with one attached hydrogen (secondary N) is 1. The summed E-state index contributed by atoms with van der Waals surface area (Å²) < 4.78 is 6.06. The van der Waals surface area contributed by atoms with E-state index in [0.717, 1.165) is 22.9 Å². The van der Waals surface area contributed by atoms with Crippen molar-refractivity contribution in [1.29, 1.82) is 0 Å². The Balaban J connectivity index is 1.94. The van der Waals surface area contributed by atoms with Crippen LogP contribution in [0.3, 0.4) is 0 Å². The topological polar surface area (TPSA) is 21.3 Å². The van der Waals surface area contributed by atoms with E-state index >= 15 is 0 Å². The molecule has 0 spiro atoms. The second-order valence-electron chi connectivity index (χ2n) is 6.28. The molecule has 1 aliphatic heterocycles. The van der Waals surface area contributed by atoms with E-state index < -0.39 is 0 Å². The summed E-state index contributed by atoms with van der Waals surface area (Å²) in [5.41, 5.74) is 3.13. The molecule has 1 aliphatic rings. The van der Waals surface area contributed by atoms with Crippen LogP contribution in [0.5, 0.6) is 5.75 Å². The lowest BCUT2D eigenvalue weighted by molar-refractivity contribution is 0.0759. The number of halogens is 1. The highest BCUT2D eigenvalue weighted by Crippen LogP contribution is 2.41. The van der Waals surface area contributed by atoms with Gasteiger partial charge in [-0.1, -0.05) is 35.9 Å². The third kappa shape index (κ3) is 3.01. The van der Waals surface area contributed by atoms with Crippen molar-refractivity contribution < 1.29 is 4.74 Å². The van der Waals surface area contributed by atoms with Gasteiger partial charge in [-0.05, 0) is 44.5 Å². The number of hydrogen-bond acceptors (Lipinski definition) is 2. The number of anilines is 1. The van der Waals surface area contributed by atoms with Gasteiger partial charge in [0.1, 0.15) is 11.4 Å². The van der Waals surface area contributed by atoms with Crippen molar-refractivity contribution >= 4 is 17.3 Å². The molecule has 2 nitrogen and oxygen atoms in total. The van der Waals surface area contributed by atoms with E-state index in [4.69, 9.17) is 16.3 Å². The van der Waals surface area contributed by atoms with E-state index in [0.29, 0.717) is 0 Å². The summed E-state index contributed by atoms with van der Waals surface area (Å²) in [7, 11) is 0. The highest BCUT2D eigenvalue weighted by atomic mass is 35.5. The van der Waals surface area contributed by atoms with Crippen LogP contribution < -0.4 is 10.1 Å². The van der Waals surface area contributed by atoms with Crippen LogP contribution >= 0.6 is 11.6 Å². The van der Waals surface area contributed by atoms with Gasteiger partial charge < -0.3 is 10.1 Å². The largest absolute Gasteiger partial charge is 0.487 e. The van der Waals surface area contributed by atoms with Gasteiger partial charge in [-0.15, -0.1) is 0 Å². The number of benzene rings is 2. The van der Waals surface area contributed by atoms with Gasteiger partial charge in [-0.2, -0.15) is 0 Å². The molecule has 0 bridgehead atoms. The second-order valence-corrected chi connectivity index (χ2v) is 6.69. The fourth-order valence-electron chi connectivity index (χ4n) is 2.86. The van der Waals surface area contributed by atoms with Crippen LogP contribution in [-0.4, -0.2) is 5.60 Å². The van der Waals surface area contributed by atoms with Crippen LogP contribution in [0.25, 0.3) is 0 Å². The molecule has 0 saturated carbocycles. The molecular weight excluding hydrogens is 282 g/mol. The molecular formula is C18H20ClNO. The summed E-state index contributed by atoms with van der Waals surface area (Å²) >= 11 is 6.35. The molecule has 0 aromatic heterocycles. The minimum atomic E-state index is -0.191. The van der Waals surface area contributed by atoms with Gasteiger partial charge in [0.2, 0.25) is 0 Å². The minimum absolute atomic E-state index is 0.191. The third-order valence-corrected chi connectivity index (χ3v) is 4.14. The Labute approximate surface area is 131 Å². The van der Waals surface area contributed by atoms with E-state index in [-0.39, 0.29) is 11.6 Å². The standard InChI is InChI=1S/C18H20ClNO/c1-12-8-9-15(14(19)10-12)20-16-11-18(2,3)21-17-7-5-4-6-13(16)17/h4-10,16,20H,11H2,1-3H3. The maximum absolute atomic E-state index is 6.35. The average Bonchev–Trinajstić information content (AvgIpc) is 2.40. The van der Waals surface area contributed by atoms with E-state index in [9.17, 15) is 0 Å². The van der Waals surface area contributed by atoms with E-state index in [1.165, 1.54) is 11.1 Å². The zero-order valence-electron chi connectivity index (χ0n) is 12.6. The van der Waals surface area contributed by atoms with Gasteiger partial charge in [0, 0.05) is 12.0 Å². The van der Waals surface area contributed by atoms with Crippen molar-refractivity contribution in [2.24, 2.45) is 0 Å². The maximum Gasteiger partial charge on any atom is 0.125 e. The number of hydrogen-bond donors (Lipinski definition) is 1. The van der Waals surface area contributed by atoms with Crippen LogP contribution in [0.2, 0.25) is 5.02 Å². The molecule has 3 heteroatoms. The summed E-state index contributed by atoms with van der Waals surface area (Å²) in [5, 5.41) is 4.34. The van der Waals surface area contributed by atoms with Crippen molar-refractivity contribution in [2.45, 2.75) is 38.8 Å². The predicted molar refractivity (Wildman–Crippen MR) is 88.3 cm³/mol. The average molecular weight is 302 g/mol. The zero-order chi connectivity index (χ0) is 15.0. The zero-order valence-corrected chi connectivity index (χ0v) is 13.4. The highest BCUT2D eigenvalue weighted by Gasteiger charge is 2.33. The molecule has 0 radical (unpaired) electrons. The predicted octanol–water partition coefficient (Wildman–Crippen LogP) is 5.36. The first-order chi connectivity index (χ1) is 9.94. The molecule has 21 heavy (non-hydrogen) atoms. The number of para-hydroxylation sites is 1. The van der Waals surface area contributed by atoms with Crippen molar-refractivity contribution in [3.05, 3.63) is 58.6 Å². The van der Waals surface area contributed by atoms with Crippen molar-refractivity contribution in [2.75, 3.05) is 5.32 Å². The number of ether oxygens (including phenoxy) is 1. The molecule has 110 valence electrons. The molecule has 1 unspecified atom stereocenters. The fraction of sp³-hybridized carbons (Fsp3) is 0.333. The van der Waals surface area contributed by atoms with Gasteiger partial charge >= 0.3 is 0 Å². The Hall–Kier alpha value is -1.67. The number of rotatable bonds is 2. The summed E-state index contributed by atoms with van der Waals surface area (Å²) in [6, 6.07) is 14.5. The minimum Gasteiger partial charge on any atom is -0.487 e. The molecule has 1 atom stereocenters. The first-order valence-corrected chi connectivity index (χ1v) is 7.63. The summed E-state index contributed by atoms with van der Waals surface area (Å²) in [5.74, 6) is 0.953.